The Kier molecular flexibility index (Phi) is 5.95. The molecule has 3 nitrogen and oxygen atoms in total. The SMILES string of the molecule is CCOc1ccc(SCC(=O)NCc2cccs2)cc1. The molecule has 2 rings (SSSR count). The van der Waals surface area contributed by atoms with Gasteiger partial charge in [-0.3, -0.25) is 4.79 Å². The number of carbonyl (C=O) groups is 1. The lowest BCUT2D eigenvalue weighted by Crippen LogP contribution is -2.24. The van der Waals surface area contributed by atoms with Gasteiger partial charge in [0, 0.05) is 9.77 Å². The minimum Gasteiger partial charge on any atom is -0.494 e. The van der Waals surface area contributed by atoms with E-state index in [-0.39, 0.29) is 5.91 Å². The molecule has 0 radical (unpaired) electrons. The van der Waals surface area contributed by atoms with Gasteiger partial charge < -0.3 is 10.1 Å². The van der Waals surface area contributed by atoms with Crippen LogP contribution in [-0.2, 0) is 11.3 Å². The summed E-state index contributed by atoms with van der Waals surface area (Å²) in [7, 11) is 0. The number of hydrogen-bond acceptors (Lipinski definition) is 4. The minimum absolute atomic E-state index is 0.0530. The van der Waals surface area contributed by atoms with E-state index in [1.165, 1.54) is 16.6 Å². The predicted octanol–water partition coefficient (Wildman–Crippen LogP) is 3.56. The molecule has 1 N–H and O–H groups in total. The maximum atomic E-state index is 11.7. The van der Waals surface area contributed by atoms with Crippen LogP contribution in [0.2, 0.25) is 0 Å². The van der Waals surface area contributed by atoms with Gasteiger partial charge in [0.15, 0.2) is 0 Å². The Hall–Kier alpha value is -1.46. The van der Waals surface area contributed by atoms with Crippen LogP contribution in [0.15, 0.2) is 46.7 Å². The first-order chi connectivity index (χ1) is 9.78. The van der Waals surface area contributed by atoms with Crippen LogP contribution in [0.3, 0.4) is 0 Å². The fraction of sp³-hybridized carbons (Fsp3) is 0.267. The molecule has 1 amide bonds. The zero-order chi connectivity index (χ0) is 14.2. The zero-order valence-electron chi connectivity index (χ0n) is 11.3. The highest BCUT2D eigenvalue weighted by molar-refractivity contribution is 8.00. The second-order valence-electron chi connectivity index (χ2n) is 4.05. The lowest BCUT2D eigenvalue weighted by atomic mass is 10.3. The highest BCUT2D eigenvalue weighted by Crippen LogP contribution is 2.21. The number of carbonyl (C=O) groups excluding carboxylic acids is 1. The molecule has 1 aromatic carbocycles. The Morgan fingerprint density at radius 2 is 2.10 bits per heavy atom. The van der Waals surface area contributed by atoms with Crippen LogP contribution in [0.25, 0.3) is 0 Å². The van der Waals surface area contributed by atoms with Crippen LogP contribution in [-0.4, -0.2) is 18.3 Å². The van der Waals surface area contributed by atoms with Gasteiger partial charge in [0.2, 0.25) is 5.91 Å². The van der Waals surface area contributed by atoms with E-state index in [2.05, 4.69) is 5.32 Å². The van der Waals surface area contributed by atoms with Gasteiger partial charge in [0.05, 0.1) is 18.9 Å². The van der Waals surface area contributed by atoms with Crippen molar-refractivity contribution in [3.05, 3.63) is 46.7 Å². The smallest absolute Gasteiger partial charge is 0.230 e. The van der Waals surface area contributed by atoms with Crippen molar-refractivity contribution in [2.75, 3.05) is 12.4 Å². The minimum atomic E-state index is 0.0530. The molecule has 0 saturated carbocycles. The molecule has 1 aromatic heterocycles. The predicted molar refractivity (Wildman–Crippen MR) is 84.5 cm³/mol. The van der Waals surface area contributed by atoms with Crippen molar-refractivity contribution < 1.29 is 9.53 Å². The molecule has 0 aliphatic heterocycles. The second kappa shape index (κ2) is 7.97. The van der Waals surface area contributed by atoms with Crippen LogP contribution in [0, 0.1) is 0 Å². The molecule has 0 spiro atoms. The van der Waals surface area contributed by atoms with E-state index in [0.717, 1.165) is 10.6 Å². The van der Waals surface area contributed by atoms with Crippen molar-refractivity contribution >= 4 is 29.0 Å². The lowest BCUT2D eigenvalue weighted by molar-refractivity contribution is -0.118. The molecule has 5 heteroatoms. The second-order valence-corrected chi connectivity index (χ2v) is 6.13. The third kappa shape index (κ3) is 4.90. The lowest BCUT2D eigenvalue weighted by Gasteiger charge is -2.05. The molecule has 0 aliphatic rings. The summed E-state index contributed by atoms with van der Waals surface area (Å²) in [6, 6.07) is 11.8. The molecular formula is C15H17NO2S2. The summed E-state index contributed by atoms with van der Waals surface area (Å²) in [4.78, 5) is 14.0. The van der Waals surface area contributed by atoms with Crippen LogP contribution in [0.1, 0.15) is 11.8 Å². The number of ether oxygens (including phenoxy) is 1. The number of thiophene rings is 1. The van der Waals surface area contributed by atoms with Gasteiger partial charge in [-0.2, -0.15) is 0 Å². The summed E-state index contributed by atoms with van der Waals surface area (Å²) in [5.41, 5.74) is 0. The van der Waals surface area contributed by atoms with Gasteiger partial charge in [0.1, 0.15) is 5.75 Å². The molecule has 0 bridgehead atoms. The highest BCUT2D eigenvalue weighted by atomic mass is 32.2. The van der Waals surface area contributed by atoms with Crippen LogP contribution < -0.4 is 10.1 Å². The summed E-state index contributed by atoms with van der Waals surface area (Å²) in [6.07, 6.45) is 0. The maximum Gasteiger partial charge on any atom is 0.230 e. The van der Waals surface area contributed by atoms with Gasteiger partial charge >= 0.3 is 0 Å². The van der Waals surface area contributed by atoms with Crippen molar-refractivity contribution in [1.82, 2.24) is 5.32 Å². The molecule has 0 fully saturated rings. The summed E-state index contributed by atoms with van der Waals surface area (Å²) < 4.78 is 5.38. The number of nitrogens with one attached hydrogen (secondary N) is 1. The molecular weight excluding hydrogens is 290 g/mol. The van der Waals surface area contributed by atoms with Crippen LogP contribution in [0.4, 0.5) is 0 Å². The molecule has 1 heterocycles. The Bertz CT molecular complexity index is 523. The zero-order valence-corrected chi connectivity index (χ0v) is 12.9. The largest absolute Gasteiger partial charge is 0.494 e. The molecule has 2 aromatic rings. The van der Waals surface area contributed by atoms with Crippen molar-refractivity contribution in [1.29, 1.82) is 0 Å². The topological polar surface area (TPSA) is 38.3 Å². The van der Waals surface area contributed by atoms with Crippen LogP contribution in [0.5, 0.6) is 5.75 Å². The summed E-state index contributed by atoms with van der Waals surface area (Å²) in [6.45, 7) is 3.23. The van der Waals surface area contributed by atoms with Crippen molar-refractivity contribution in [3.63, 3.8) is 0 Å². The first-order valence-corrected chi connectivity index (χ1v) is 8.29. The number of hydrogen-bond donors (Lipinski definition) is 1. The van der Waals surface area contributed by atoms with Crippen molar-refractivity contribution in [2.24, 2.45) is 0 Å². The van der Waals surface area contributed by atoms with Crippen molar-refractivity contribution in [3.8, 4) is 5.75 Å². The highest BCUT2D eigenvalue weighted by Gasteiger charge is 2.03. The fourth-order valence-electron chi connectivity index (χ4n) is 1.60. The Morgan fingerprint density at radius 1 is 1.30 bits per heavy atom. The standard InChI is InChI=1S/C15H17NO2S2/c1-2-18-12-5-7-13(8-6-12)20-11-15(17)16-10-14-4-3-9-19-14/h3-9H,2,10-11H2,1H3,(H,16,17). The van der Waals surface area contributed by atoms with E-state index >= 15 is 0 Å². The summed E-state index contributed by atoms with van der Waals surface area (Å²) in [5.74, 6) is 1.34. The third-order valence-corrected chi connectivity index (χ3v) is 4.43. The van der Waals surface area contributed by atoms with Gasteiger partial charge in [-0.1, -0.05) is 6.07 Å². The monoisotopic (exact) mass is 307 g/mol. The van der Waals surface area contributed by atoms with E-state index in [1.807, 2.05) is 48.7 Å². The van der Waals surface area contributed by atoms with Crippen molar-refractivity contribution in [2.45, 2.75) is 18.4 Å². The van der Waals surface area contributed by atoms with E-state index in [4.69, 9.17) is 4.74 Å². The Morgan fingerprint density at radius 3 is 2.75 bits per heavy atom. The normalized spacial score (nSPS) is 10.2. The fourth-order valence-corrected chi connectivity index (χ4v) is 2.97. The number of benzene rings is 1. The van der Waals surface area contributed by atoms with Crippen LogP contribution >= 0.6 is 23.1 Å². The molecule has 20 heavy (non-hydrogen) atoms. The Balaban J connectivity index is 1.72. The van der Waals surface area contributed by atoms with Gasteiger partial charge in [-0.15, -0.1) is 23.1 Å². The third-order valence-electron chi connectivity index (χ3n) is 2.54. The number of thioether (sulfide) groups is 1. The molecule has 0 saturated heterocycles. The van der Waals surface area contributed by atoms with Gasteiger partial charge in [-0.05, 0) is 42.6 Å². The first kappa shape index (κ1) is 14.9. The number of amides is 1. The van der Waals surface area contributed by atoms with E-state index in [9.17, 15) is 4.79 Å². The Labute approximate surface area is 127 Å². The molecule has 0 atom stereocenters. The molecule has 0 unspecified atom stereocenters. The summed E-state index contributed by atoms with van der Waals surface area (Å²) >= 11 is 3.18. The van der Waals surface area contributed by atoms with E-state index in [0.29, 0.717) is 18.9 Å². The van der Waals surface area contributed by atoms with Gasteiger partial charge in [-0.25, -0.2) is 0 Å². The molecule has 0 aliphatic carbocycles. The quantitative estimate of drug-likeness (QED) is 0.795. The van der Waals surface area contributed by atoms with E-state index < -0.39 is 0 Å². The van der Waals surface area contributed by atoms with Gasteiger partial charge in [0.25, 0.3) is 0 Å². The molecule has 106 valence electrons. The maximum absolute atomic E-state index is 11.7. The number of rotatable bonds is 7. The first-order valence-electron chi connectivity index (χ1n) is 6.42. The average molecular weight is 307 g/mol. The van der Waals surface area contributed by atoms with E-state index in [1.54, 1.807) is 11.3 Å². The average Bonchev–Trinajstić information content (AvgIpc) is 2.98. The summed E-state index contributed by atoms with van der Waals surface area (Å²) in [5, 5.41) is 4.92.